The van der Waals surface area contributed by atoms with Crippen LogP contribution in [0.25, 0.3) is 0 Å². The van der Waals surface area contributed by atoms with E-state index >= 15 is 0 Å². The first-order valence-corrected chi connectivity index (χ1v) is 11.3. The number of nitrogens with zero attached hydrogens (tertiary/aromatic N) is 1. The van der Waals surface area contributed by atoms with Crippen molar-refractivity contribution in [1.82, 2.24) is 9.62 Å². The van der Waals surface area contributed by atoms with Crippen molar-refractivity contribution in [3.8, 4) is 5.75 Å². The molecule has 0 spiro atoms. The SMILES string of the molecule is Cc1ccc(S(=O)(=O)N2CCC(NC(=O)C(C)Oc3cccc(C)c3)CC2)cc1. The van der Waals surface area contributed by atoms with E-state index in [0.717, 1.165) is 11.1 Å². The second-order valence-electron chi connectivity index (χ2n) is 7.58. The van der Waals surface area contributed by atoms with Crippen molar-refractivity contribution in [3.05, 3.63) is 59.7 Å². The second kappa shape index (κ2) is 8.97. The third-order valence-electron chi connectivity index (χ3n) is 5.13. The number of aryl methyl sites for hydroxylation is 2. The molecule has 156 valence electrons. The van der Waals surface area contributed by atoms with Crippen molar-refractivity contribution in [1.29, 1.82) is 0 Å². The molecule has 7 heteroatoms. The first-order valence-electron chi connectivity index (χ1n) is 9.86. The summed E-state index contributed by atoms with van der Waals surface area (Å²) in [5.41, 5.74) is 2.09. The van der Waals surface area contributed by atoms with Crippen LogP contribution in [-0.2, 0) is 14.8 Å². The number of ether oxygens (including phenoxy) is 1. The number of rotatable bonds is 6. The largest absolute Gasteiger partial charge is 0.481 e. The van der Waals surface area contributed by atoms with E-state index in [1.807, 2.05) is 38.1 Å². The first-order chi connectivity index (χ1) is 13.8. The van der Waals surface area contributed by atoms with Crippen molar-refractivity contribution < 1.29 is 17.9 Å². The topological polar surface area (TPSA) is 75.7 Å². The lowest BCUT2D eigenvalue weighted by Crippen LogP contribution is -2.49. The molecule has 1 amide bonds. The maximum Gasteiger partial charge on any atom is 0.260 e. The van der Waals surface area contributed by atoms with Gasteiger partial charge >= 0.3 is 0 Å². The molecule has 3 rings (SSSR count). The number of sulfonamides is 1. The smallest absolute Gasteiger partial charge is 0.260 e. The Kier molecular flexibility index (Phi) is 6.59. The van der Waals surface area contributed by atoms with Crippen LogP contribution in [0.5, 0.6) is 5.75 Å². The van der Waals surface area contributed by atoms with Gasteiger partial charge in [-0.1, -0.05) is 29.8 Å². The van der Waals surface area contributed by atoms with Crippen LogP contribution >= 0.6 is 0 Å². The molecule has 1 heterocycles. The second-order valence-corrected chi connectivity index (χ2v) is 9.51. The molecule has 0 saturated carbocycles. The lowest BCUT2D eigenvalue weighted by Gasteiger charge is -2.32. The fourth-order valence-electron chi connectivity index (χ4n) is 3.36. The molecule has 0 aromatic heterocycles. The van der Waals surface area contributed by atoms with Gasteiger partial charge in [0.25, 0.3) is 5.91 Å². The van der Waals surface area contributed by atoms with Crippen molar-refractivity contribution >= 4 is 15.9 Å². The lowest BCUT2D eigenvalue weighted by atomic mass is 10.1. The Morgan fingerprint density at radius 3 is 2.34 bits per heavy atom. The van der Waals surface area contributed by atoms with E-state index in [0.29, 0.717) is 36.6 Å². The van der Waals surface area contributed by atoms with Gasteiger partial charge in [0.1, 0.15) is 5.75 Å². The van der Waals surface area contributed by atoms with Crippen LogP contribution in [0.2, 0.25) is 0 Å². The van der Waals surface area contributed by atoms with Crippen LogP contribution in [0.4, 0.5) is 0 Å². The van der Waals surface area contributed by atoms with Gasteiger partial charge in [-0.25, -0.2) is 8.42 Å². The third-order valence-corrected chi connectivity index (χ3v) is 7.04. The molecule has 29 heavy (non-hydrogen) atoms. The van der Waals surface area contributed by atoms with Crippen LogP contribution in [-0.4, -0.2) is 43.9 Å². The maximum absolute atomic E-state index is 12.8. The van der Waals surface area contributed by atoms with Crippen LogP contribution in [0.15, 0.2) is 53.4 Å². The van der Waals surface area contributed by atoms with Crippen molar-refractivity contribution in [3.63, 3.8) is 0 Å². The Balaban J connectivity index is 1.52. The highest BCUT2D eigenvalue weighted by Crippen LogP contribution is 2.21. The Hall–Kier alpha value is -2.38. The molecular weight excluding hydrogens is 388 g/mol. The van der Waals surface area contributed by atoms with E-state index in [-0.39, 0.29) is 11.9 Å². The van der Waals surface area contributed by atoms with E-state index in [4.69, 9.17) is 4.74 Å². The number of hydrogen-bond donors (Lipinski definition) is 1. The van der Waals surface area contributed by atoms with Gasteiger partial charge in [0.15, 0.2) is 6.10 Å². The first kappa shape index (κ1) is 21.3. The molecule has 0 bridgehead atoms. The third kappa shape index (κ3) is 5.36. The van der Waals surface area contributed by atoms with Crippen LogP contribution in [0.3, 0.4) is 0 Å². The Bertz CT molecular complexity index is 949. The van der Waals surface area contributed by atoms with Gasteiger partial charge in [0, 0.05) is 19.1 Å². The molecule has 1 atom stereocenters. The van der Waals surface area contributed by atoms with Crippen LogP contribution in [0.1, 0.15) is 30.9 Å². The minimum absolute atomic E-state index is 0.0597. The van der Waals surface area contributed by atoms with Crippen molar-refractivity contribution in [2.45, 2.75) is 50.7 Å². The Morgan fingerprint density at radius 1 is 1.07 bits per heavy atom. The van der Waals surface area contributed by atoms with Gasteiger partial charge in [-0.3, -0.25) is 4.79 Å². The summed E-state index contributed by atoms with van der Waals surface area (Å²) in [4.78, 5) is 12.8. The summed E-state index contributed by atoms with van der Waals surface area (Å²) in [6, 6.07) is 14.4. The van der Waals surface area contributed by atoms with E-state index in [1.165, 1.54) is 4.31 Å². The summed E-state index contributed by atoms with van der Waals surface area (Å²) in [6.07, 6.45) is 0.535. The summed E-state index contributed by atoms with van der Waals surface area (Å²) in [7, 11) is -3.50. The summed E-state index contributed by atoms with van der Waals surface area (Å²) in [5, 5.41) is 2.99. The van der Waals surface area contributed by atoms with Crippen LogP contribution in [0, 0.1) is 13.8 Å². The van der Waals surface area contributed by atoms with Crippen molar-refractivity contribution in [2.24, 2.45) is 0 Å². The molecule has 0 radical (unpaired) electrons. The fraction of sp³-hybridized carbons (Fsp3) is 0.409. The van der Waals surface area contributed by atoms with Gasteiger partial charge in [0.2, 0.25) is 10.0 Å². The zero-order valence-electron chi connectivity index (χ0n) is 17.1. The van der Waals surface area contributed by atoms with Gasteiger partial charge in [-0.05, 0) is 63.4 Å². The Morgan fingerprint density at radius 2 is 1.72 bits per heavy atom. The summed E-state index contributed by atoms with van der Waals surface area (Å²) < 4.78 is 32.8. The molecule has 1 N–H and O–H groups in total. The van der Waals surface area contributed by atoms with Gasteiger partial charge in [0.05, 0.1) is 4.90 Å². The van der Waals surface area contributed by atoms with Gasteiger partial charge in [-0.15, -0.1) is 0 Å². The molecule has 1 unspecified atom stereocenters. The molecule has 1 saturated heterocycles. The van der Waals surface area contributed by atoms with E-state index in [9.17, 15) is 13.2 Å². The molecule has 6 nitrogen and oxygen atoms in total. The predicted molar refractivity (Wildman–Crippen MR) is 112 cm³/mol. The minimum Gasteiger partial charge on any atom is -0.481 e. The highest BCUT2D eigenvalue weighted by atomic mass is 32.2. The summed E-state index contributed by atoms with van der Waals surface area (Å²) >= 11 is 0. The van der Waals surface area contributed by atoms with Crippen molar-refractivity contribution in [2.75, 3.05) is 13.1 Å². The van der Waals surface area contributed by atoms with E-state index in [1.54, 1.807) is 31.2 Å². The number of nitrogens with one attached hydrogen (secondary N) is 1. The molecular formula is C22H28N2O4S. The number of carbonyl (C=O) groups excluding carboxylic acids is 1. The number of hydrogen-bond acceptors (Lipinski definition) is 4. The number of benzene rings is 2. The fourth-order valence-corrected chi connectivity index (χ4v) is 4.83. The number of amides is 1. The monoisotopic (exact) mass is 416 g/mol. The standard InChI is InChI=1S/C22H28N2O4S/c1-16-7-9-21(10-8-16)29(26,27)24-13-11-19(12-14-24)23-22(25)18(3)28-20-6-4-5-17(2)15-20/h4-10,15,18-19H,11-14H2,1-3H3,(H,23,25). The normalized spacial score (nSPS) is 16.9. The summed E-state index contributed by atoms with van der Waals surface area (Å²) in [5.74, 6) is 0.470. The zero-order valence-corrected chi connectivity index (χ0v) is 17.9. The number of piperidine rings is 1. The van der Waals surface area contributed by atoms with Crippen LogP contribution < -0.4 is 10.1 Å². The number of carbonyl (C=O) groups is 1. The molecule has 1 aliphatic heterocycles. The average Bonchev–Trinajstić information content (AvgIpc) is 2.68. The highest BCUT2D eigenvalue weighted by Gasteiger charge is 2.30. The predicted octanol–water partition coefficient (Wildman–Crippen LogP) is 3.04. The average molecular weight is 417 g/mol. The molecule has 0 aliphatic carbocycles. The minimum atomic E-state index is -3.50. The molecule has 2 aromatic rings. The summed E-state index contributed by atoms with van der Waals surface area (Å²) in [6.45, 7) is 6.38. The lowest BCUT2D eigenvalue weighted by molar-refractivity contribution is -0.128. The molecule has 1 aliphatic rings. The van der Waals surface area contributed by atoms with E-state index < -0.39 is 16.1 Å². The highest BCUT2D eigenvalue weighted by molar-refractivity contribution is 7.89. The maximum atomic E-state index is 12.8. The molecule has 1 fully saturated rings. The van der Waals surface area contributed by atoms with Gasteiger partial charge in [-0.2, -0.15) is 4.31 Å². The van der Waals surface area contributed by atoms with Gasteiger partial charge < -0.3 is 10.1 Å². The quantitative estimate of drug-likeness (QED) is 0.785. The zero-order chi connectivity index (χ0) is 21.0. The van der Waals surface area contributed by atoms with E-state index in [2.05, 4.69) is 5.32 Å². The molecule has 2 aromatic carbocycles. The Labute approximate surface area is 172 Å².